The summed E-state index contributed by atoms with van der Waals surface area (Å²) in [5.41, 5.74) is 7.52. The Morgan fingerprint density at radius 2 is 1.13 bits per heavy atom. The van der Waals surface area contributed by atoms with Gasteiger partial charge < -0.3 is 8.83 Å². The molecule has 2 aromatic heterocycles. The van der Waals surface area contributed by atoms with Gasteiger partial charge in [-0.05, 0) is 76.5 Å². The topological polar surface area (TPSA) is 42.4 Å². The molecule has 0 bridgehead atoms. The van der Waals surface area contributed by atoms with Gasteiger partial charge in [-0.25, -0.2) is 0 Å². The number of oxazole rings is 1. The number of anilines is 3. The molecule has 0 aliphatic carbocycles. The van der Waals surface area contributed by atoms with E-state index in [4.69, 9.17) is 13.8 Å². The Balaban J connectivity index is 1.31. The van der Waals surface area contributed by atoms with Crippen LogP contribution in [-0.4, -0.2) is 4.98 Å². The van der Waals surface area contributed by atoms with E-state index in [1.165, 1.54) is 10.9 Å². The van der Waals surface area contributed by atoms with Crippen LogP contribution in [0.4, 0.5) is 17.4 Å². The molecule has 0 atom stereocenters. The molecule has 0 saturated carbocycles. The first kappa shape index (κ1) is 21.7. The molecule has 0 N–H and O–H groups in total. The van der Waals surface area contributed by atoms with E-state index in [0.717, 1.165) is 55.4 Å². The molecule has 0 amide bonds. The van der Waals surface area contributed by atoms with E-state index in [9.17, 15) is 0 Å². The maximum Gasteiger partial charge on any atom is 0.307 e. The number of para-hydroxylation sites is 2. The van der Waals surface area contributed by atoms with Crippen LogP contribution in [0.25, 0.3) is 54.9 Å². The van der Waals surface area contributed by atoms with Crippen molar-refractivity contribution in [3.8, 4) is 11.1 Å². The molecule has 6 aromatic carbocycles. The number of fused-ring (bicyclic) bond motifs is 5. The lowest BCUT2D eigenvalue weighted by Gasteiger charge is -2.21. The lowest BCUT2D eigenvalue weighted by atomic mass is 10.0. The van der Waals surface area contributed by atoms with E-state index in [-0.39, 0.29) is 0 Å². The lowest BCUT2D eigenvalue weighted by Crippen LogP contribution is -2.10. The largest absolute Gasteiger partial charge is 0.456 e. The standard InChI is InChI=1S/C35H22N2O2/c1-2-8-23(9-3-1)24-14-16-27(17-15-24)37(35-36-31-12-6-7-13-33(31)39-35)28-18-19-32-30(22-28)29-20-25-10-4-5-11-26(25)21-34(29)38-32/h1-22H. The Bertz CT molecular complexity index is 2090. The minimum atomic E-state index is 0.515. The minimum Gasteiger partial charge on any atom is -0.456 e. The van der Waals surface area contributed by atoms with E-state index in [0.29, 0.717) is 6.01 Å². The van der Waals surface area contributed by atoms with Crippen molar-refractivity contribution in [2.24, 2.45) is 0 Å². The van der Waals surface area contributed by atoms with Crippen LogP contribution in [0.5, 0.6) is 0 Å². The molecule has 184 valence electrons. The van der Waals surface area contributed by atoms with Crippen molar-refractivity contribution in [3.63, 3.8) is 0 Å². The van der Waals surface area contributed by atoms with Crippen molar-refractivity contribution in [2.45, 2.75) is 0 Å². The number of aromatic nitrogens is 1. The molecule has 0 saturated heterocycles. The van der Waals surface area contributed by atoms with Crippen LogP contribution in [0.1, 0.15) is 0 Å². The number of furan rings is 1. The first-order chi connectivity index (χ1) is 19.3. The zero-order valence-corrected chi connectivity index (χ0v) is 20.9. The molecule has 4 nitrogen and oxygen atoms in total. The smallest absolute Gasteiger partial charge is 0.307 e. The summed E-state index contributed by atoms with van der Waals surface area (Å²) in [5.74, 6) is 0. The third-order valence-corrected chi connectivity index (χ3v) is 7.29. The second-order valence-corrected chi connectivity index (χ2v) is 9.69. The van der Waals surface area contributed by atoms with Gasteiger partial charge >= 0.3 is 6.01 Å². The number of hydrogen-bond acceptors (Lipinski definition) is 4. The maximum absolute atomic E-state index is 6.28. The fourth-order valence-electron chi connectivity index (χ4n) is 5.35. The normalized spacial score (nSPS) is 11.6. The van der Waals surface area contributed by atoms with E-state index in [1.807, 2.05) is 36.4 Å². The van der Waals surface area contributed by atoms with Gasteiger partial charge in [-0.15, -0.1) is 0 Å². The van der Waals surface area contributed by atoms with Crippen molar-refractivity contribution < 1.29 is 8.83 Å². The summed E-state index contributed by atoms with van der Waals surface area (Å²) in [4.78, 5) is 6.92. The molecular weight excluding hydrogens is 480 g/mol. The van der Waals surface area contributed by atoms with Crippen LogP contribution in [-0.2, 0) is 0 Å². The summed E-state index contributed by atoms with van der Waals surface area (Å²) in [6, 6.07) is 46.2. The van der Waals surface area contributed by atoms with Crippen molar-refractivity contribution >= 4 is 61.2 Å². The first-order valence-electron chi connectivity index (χ1n) is 13.0. The summed E-state index contributed by atoms with van der Waals surface area (Å²) >= 11 is 0. The Morgan fingerprint density at radius 3 is 1.95 bits per heavy atom. The van der Waals surface area contributed by atoms with Gasteiger partial charge in [-0.3, -0.25) is 4.90 Å². The molecule has 2 heterocycles. The maximum atomic E-state index is 6.28. The summed E-state index contributed by atoms with van der Waals surface area (Å²) in [6.45, 7) is 0. The van der Waals surface area contributed by atoms with Crippen molar-refractivity contribution in [2.75, 3.05) is 4.90 Å². The van der Waals surface area contributed by atoms with Crippen LogP contribution >= 0.6 is 0 Å². The summed E-state index contributed by atoms with van der Waals surface area (Å²) in [6.07, 6.45) is 0. The molecular formula is C35H22N2O2. The molecule has 8 aromatic rings. The summed E-state index contributed by atoms with van der Waals surface area (Å²) in [5, 5.41) is 4.49. The Kier molecular flexibility index (Phi) is 4.79. The highest BCUT2D eigenvalue weighted by Crippen LogP contribution is 2.40. The SMILES string of the molecule is c1ccc(-c2ccc(N(c3ccc4oc5cc6ccccc6cc5c4c3)c3nc4ccccc4o3)cc2)cc1. The van der Waals surface area contributed by atoms with Crippen LogP contribution in [0.2, 0.25) is 0 Å². The molecule has 0 unspecified atom stereocenters. The minimum absolute atomic E-state index is 0.515. The second kappa shape index (κ2) is 8.61. The highest BCUT2D eigenvalue weighted by atomic mass is 16.4. The van der Waals surface area contributed by atoms with Gasteiger partial charge in [0.25, 0.3) is 0 Å². The predicted octanol–water partition coefficient (Wildman–Crippen LogP) is 10.0. The fraction of sp³-hybridized carbons (Fsp3) is 0. The third kappa shape index (κ3) is 3.65. The third-order valence-electron chi connectivity index (χ3n) is 7.29. The number of rotatable bonds is 4. The summed E-state index contributed by atoms with van der Waals surface area (Å²) in [7, 11) is 0. The summed E-state index contributed by atoms with van der Waals surface area (Å²) < 4.78 is 12.5. The molecule has 0 aliphatic rings. The predicted molar refractivity (Wildman–Crippen MR) is 159 cm³/mol. The zero-order chi connectivity index (χ0) is 25.8. The first-order valence-corrected chi connectivity index (χ1v) is 13.0. The van der Waals surface area contributed by atoms with Gasteiger partial charge in [0, 0.05) is 10.8 Å². The monoisotopic (exact) mass is 502 g/mol. The Labute approximate surface area is 224 Å². The lowest BCUT2D eigenvalue weighted by molar-refractivity contribution is 0.608. The number of benzene rings is 6. The van der Waals surface area contributed by atoms with Crippen LogP contribution in [0.15, 0.2) is 142 Å². The highest BCUT2D eigenvalue weighted by molar-refractivity contribution is 6.11. The van der Waals surface area contributed by atoms with E-state index < -0.39 is 0 Å². The molecule has 0 fully saturated rings. The van der Waals surface area contributed by atoms with Gasteiger partial charge in [-0.2, -0.15) is 4.98 Å². The Hall–Kier alpha value is -5.35. The van der Waals surface area contributed by atoms with Gasteiger partial charge in [0.1, 0.15) is 16.7 Å². The average Bonchev–Trinajstić information content (AvgIpc) is 3.58. The van der Waals surface area contributed by atoms with Crippen LogP contribution < -0.4 is 4.90 Å². The van der Waals surface area contributed by atoms with Gasteiger partial charge in [0.15, 0.2) is 5.58 Å². The van der Waals surface area contributed by atoms with Crippen LogP contribution in [0, 0.1) is 0 Å². The Morgan fingerprint density at radius 1 is 0.462 bits per heavy atom. The second-order valence-electron chi connectivity index (χ2n) is 9.69. The van der Waals surface area contributed by atoms with E-state index >= 15 is 0 Å². The van der Waals surface area contributed by atoms with Gasteiger partial charge in [-0.1, -0.05) is 78.9 Å². The zero-order valence-electron chi connectivity index (χ0n) is 20.9. The highest BCUT2D eigenvalue weighted by Gasteiger charge is 2.20. The molecule has 0 aliphatic heterocycles. The quantitative estimate of drug-likeness (QED) is 0.240. The fourth-order valence-corrected chi connectivity index (χ4v) is 5.35. The molecule has 39 heavy (non-hydrogen) atoms. The number of nitrogens with zero attached hydrogens (tertiary/aromatic N) is 2. The molecule has 8 rings (SSSR count). The van der Waals surface area contributed by atoms with Crippen molar-refractivity contribution in [1.82, 2.24) is 4.98 Å². The average molecular weight is 503 g/mol. The van der Waals surface area contributed by atoms with E-state index in [2.05, 4.69) is 102 Å². The number of hydrogen-bond donors (Lipinski definition) is 0. The molecule has 0 spiro atoms. The van der Waals surface area contributed by atoms with Crippen LogP contribution in [0.3, 0.4) is 0 Å². The molecule has 0 radical (unpaired) electrons. The van der Waals surface area contributed by atoms with Crippen molar-refractivity contribution in [3.05, 3.63) is 133 Å². The van der Waals surface area contributed by atoms with Crippen molar-refractivity contribution in [1.29, 1.82) is 0 Å². The molecule has 4 heteroatoms. The van der Waals surface area contributed by atoms with E-state index in [1.54, 1.807) is 0 Å². The van der Waals surface area contributed by atoms with Gasteiger partial charge in [0.05, 0.1) is 11.4 Å². The van der Waals surface area contributed by atoms with Gasteiger partial charge in [0.2, 0.25) is 0 Å².